The van der Waals surface area contributed by atoms with Gasteiger partial charge in [-0.25, -0.2) is 9.37 Å². The van der Waals surface area contributed by atoms with E-state index in [4.69, 9.17) is 9.15 Å². The molecule has 2 aromatic carbocycles. The highest BCUT2D eigenvalue weighted by Crippen LogP contribution is 2.22. The zero-order chi connectivity index (χ0) is 20.2. The summed E-state index contributed by atoms with van der Waals surface area (Å²) in [7, 11) is 1.51. The van der Waals surface area contributed by atoms with Crippen LogP contribution in [0.2, 0.25) is 0 Å². The summed E-state index contributed by atoms with van der Waals surface area (Å²) in [5.74, 6) is 1.10. The van der Waals surface area contributed by atoms with Crippen molar-refractivity contribution in [1.82, 2.24) is 14.8 Å². The van der Waals surface area contributed by atoms with Crippen molar-refractivity contribution in [2.45, 2.75) is 12.8 Å². The lowest BCUT2D eigenvalue weighted by atomic mass is 10.1. The van der Waals surface area contributed by atoms with Gasteiger partial charge in [-0.05, 0) is 48.4 Å². The van der Waals surface area contributed by atoms with Gasteiger partial charge in [0, 0.05) is 6.42 Å². The molecule has 0 radical (unpaired) electrons. The van der Waals surface area contributed by atoms with E-state index in [1.54, 1.807) is 48.5 Å². The van der Waals surface area contributed by atoms with Crippen LogP contribution in [-0.2, 0) is 12.8 Å². The molecule has 2 heterocycles. The fourth-order valence-corrected chi connectivity index (χ4v) is 3.02. The van der Waals surface area contributed by atoms with Gasteiger partial charge in [0.2, 0.25) is 5.82 Å². The Bertz CT molecular complexity index is 1120. The average molecular weight is 391 g/mol. The minimum Gasteiger partial charge on any atom is -0.496 e. The lowest BCUT2D eigenvalue weighted by Gasteiger charge is -2.08. The number of nitrogens with zero attached hydrogens (tertiary/aromatic N) is 3. The van der Waals surface area contributed by atoms with Gasteiger partial charge in [0.05, 0.1) is 18.9 Å². The molecular weight excluding hydrogens is 373 g/mol. The van der Waals surface area contributed by atoms with Crippen LogP contribution in [0.15, 0.2) is 71.3 Å². The third-order valence-electron chi connectivity index (χ3n) is 4.50. The van der Waals surface area contributed by atoms with E-state index in [1.807, 2.05) is 0 Å². The van der Waals surface area contributed by atoms with E-state index < -0.39 is 0 Å². The van der Waals surface area contributed by atoms with Gasteiger partial charge in [0.15, 0.2) is 5.76 Å². The number of methoxy groups -OCH3 is 1. The summed E-state index contributed by atoms with van der Waals surface area (Å²) in [5.41, 5.74) is 1.32. The molecular formula is C22H18FN3O3. The molecule has 0 saturated carbocycles. The minimum absolute atomic E-state index is 0.289. The number of ether oxygens (including phenoxy) is 1. The van der Waals surface area contributed by atoms with Crippen molar-refractivity contribution in [2.24, 2.45) is 0 Å². The van der Waals surface area contributed by atoms with Crippen LogP contribution in [0.5, 0.6) is 5.75 Å². The van der Waals surface area contributed by atoms with Gasteiger partial charge >= 0.3 is 0 Å². The molecule has 4 aromatic rings. The maximum absolute atomic E-state index is 13.2. The maximum Gasteiger partial charge on any atom is 0.283 e. The highest BCUT2D eigenvalue weighted by Gasteiger charge is 2.22. The van der Waals surface area contributed by atoms with Crippen LogP contribution in [0.1, 0.15) is 21.7 Å². The number of hydrogen-bond donors (Lipinski definition) is 0. The zero-order valence-electron chi connectivity index (χ0n) is 15.7. The molecule has 6 nitrogen and oxygen atoms in total. The number of carbonyl (C=O) groups excluding carboxylic acids is 1. The van der Waals surface area contributed by atoms with Crippen LogP contribution >= 0.6 is 0 Å². The van der Waals surface area contributed by atoms with Crippen molar-refractivity contribution in [2.75, 3.05) is 7.11 Å². The summed E-state index contributed by atoms with van der Waals surface area (Å²) >= 11 is 0. The quantitative estimate of drug-likeness (QED) is 0.494. The van der Waals surface area contributed by atoms with Crippen molar-refractivity contribution in [1.29, 1.82) is 0 Å². The molecule has 0 bridgehead atoms. The Morgan fingerprint density at radius 2 is 1.86 bits per heavy atom. The highest BCUT2D eigenvalue weighted by atomic mass is 19.1. The molecule has 0 spiro atoms. The minimum atomic E-state index is -0.345. The normalized spacial score (nSPS) is 10.8. The van der Waals surface area contributed by atoms with Crippen LogP contribution in [0, 0.1) is 5.82 Å². The Hall–Kier alpha value is -3.74. The third-order valence-corrected chi connectivity index (χ3v) is 4.50. The number of benzene rings is 2. The van der Waals surface area contributed by atoms with Crippen molar-refractivity contribution in [3.63, 3.8) is 0 Å². The fourth-order valence-electron chi connectivity index (χ4n) is 3.02. The van der Waals surface area contributed by atoms with Crippen LogP contribution in [0.25, 0.3) is 11.6 Å². The molecule has 0 atom stereocenters. The molecule has 0 amide bonds. The highest BCUT2D eigenvalue weighted by molar-refractivity contribution is 5.98. The smallest absolute Gasteiger partial charge is 0.283 e. The van der Waals surface area contributed by atoms with Gasteiger partial charge in [-0.1, -0.05) is 24.3 Å². The number of carbonyl (C=O) groups is 1. The van der Waals surface area contributed by atoms with Crippen LogP contribution in [0.4, 0.5) is 4.39 Å². The van der Waals surface area contributed by atoms with Gasteiger partial charge in [-0.3, -0.25) is 4.79 Å². The number of aryl methyl sites for hydroxylation is 2. The predicted octanol–water partition coefficient (Wildman–Crippen LogP) is 4.16. The van der Waals surface area contributed by atoms with Gasteiger partial charge in [0.25, 0.3) is 5.91 Å². The molecule has 0 saturated heterocycles. The van der Waals surface area contributed by atoms with E-state index in [9.17, 15) is 9.18 Å². The fraction of sp³-hybridized carbons (Fsp3) is 0.136. The van der Waals surface area contributed by atoms with E-state index in [0.29, 0.717) is 41.6 Å². The summed E-state index contributed by atoms with van der Waals surface area (Å²) in [6, 6.07) is 16.7. The summed E-state index contributed by atoms with van der Waals surface area (Å²) in [6.07, 6.45) is 2.55. The van der Waals surface area contributed by atoms with Crippen molar-refractivity contribution in [3.8, 4) is 17.3 Å². The van der Waals surface area contributed by atoms with Gasteiger partial charge in [0.1, 0.15) is 17.4 Å². The number of hydrogen-bond acceptors (Lipinski definition) is 5. The Morgan fingerprint density at radius 1 is 1.07 bits per heavy atom. The zero-order valence-corrected chi connectivity index (χ0v) is 15.7. The van der Waals surface area contributed by atoms with E-state index in [1.165, 1.54) is 30.2 Å². The van der Waals surface area contributed by atoms with Crippen LogP contribution < -0.4 is 4.74 Å². The molecule has 0 aliphatic rings. The van der Waals surface area contributed by atoms with E-state index >= 15 is 0 Å². The average Bonchev–Trinajstić information content (AvgIpc) is 3.43. The Labute approximate surface area is 166 Å². The van der Waals surface area contributed by atoms with E-state index in [2.05, 4.69) is 10.1 Å². The van der Waals surface area contributed by atoms with E-state index in [-0.39, 0.29) is 11.7 Å². The van der Waals surface area contributed by atoms with Crippen molar-refractivity contribution < 1.29 is 18.3 Å². The van der Waals surface area contributed by atoms with Crippen molar-refractivity contribution in [3.05, 3.63) is 89.7 Å². The molecule has 29 heavy (non-hydrogen) atoms. The molecule has 146 valence electrons. The summed E-state index contributed by atoms with van der Waals surface area (Å²) in [6.45, 7) is 0. The first kappa shape index (κ1) is 18.6. The van der Waals surface area contributed by atoms with Crippen LogP contribution in [0.3, 0.4) is 0 Å². The molecule has 0 aliphatic carbocycles. The van der Waals surface area contributed by atoms with Gasteiger partial charge < -0.3 is 9.15 Å². The molecule has 0 unspecified atom stereocenters. The molecule has 0 aliphatic heterocycles. The predicted molar refractivity (Wildman–Crippen MR) is 104 cm³/mol. The van der Waals surface area contributed by atoms with Crippen molar-refractivity contribution >= 4 is 5.91 Å². The molecule has 7 heteroatoms. The first-order valence-electron chi connectivity index (χ1n) is 9.07. The van der Waals surface area contributed by atoms with Crippen LogP contribution in [-0.4, -0.2) is 27.8 Å². The first-order valence-corrected chi connectivity index (χ1v) is 9.07. The number of rotatable bonds is 6. The number of aromatic nitrogens is 3. The first-order chi connectivity index (χ1) is 14.2. The number of halogens is 1. The van der Waals surface area contributed by atoms with Gasteiger partial charge in [-0.15, -0.1) is 5.10 Å². The molecule has 0 N–H and O–H groups in total. The third kappa shape index (κ3) is 3.94. The largest absolute Gasteiger partial charge is 0.496 e. The van der Waals surface area contributed by atoms with E-state index in [0.717, 1.165) is 5.56 Å². The monoisotopic (exact) mass is 391 g/mol. The maximum atomic E-state index is 13.2. The second-order valence-electron chi connectivity index (χ2n) is 6.37. The number of para-hydroxylation sites is 1. The number of furan rings is 1. The summed E-state index contributed by atoms with van der Waals surface area (Å²) < 4.78 is 25.1. The molecule has 0 fully saturated rings. The topological polar surface area (TPSA) is 70.2 Å². The standard InChI is InChI=1S/C22H18FN3O3/c1-28-18-6-3-2-5-17(18)22(27)26-20(13-10-15-8-11-16(23)12-9-15)24-21(25-26)19-7-4-14-29-19/h2-9,11-12,14H,10,13H2,1H3. The lowest BCUT2D eigenvalue weighted by molar-refractivity contribution is 0.0938. The SMILES string of the molecule is COc1ccccc1C(=O)n1nc(-c2ccco2)nc1CCc1ccc(F)cc1. The Balaban J connectivity index is 1.69. The Kier molecular flexibility index (Phi) is 5.20. The Morgan fingerprint density at radius 3 is 2.59 bits per heavy atom. The summed E-state index contributed by atoms with van der Waals surface area (Å²) in [4.78, 5) is 17.7. The molecule has 4 rings (SSSR count). The second-order valence-corrected chi connectivity index (χ2v) is 6.37. The van der Waals surface area contributed by atoms with Gasteiger partial charge in [-0.2, -0.15) is 4.68 Å². The summed E-state index contributed by atoms with van der Waals surface area (Å²) in [5, 5.41) is 4.38. The molecule has 2 aromatic heterocycles. The second kappa shape index (κ2) is 8.10. The lowest BCUT2D eigenvalue weighted by Crippen LogP contribution is -2.18.